The van der Waals surface area contributed by atoms with Gasteiger partial charge in [0.25, 0.3) is 5.92 Å². The zero-order valence-corrected chi connectivity index (χ0v) is 7.60. The molecule has 0 aliphatic rings. The summed E-state index contributed by atoms with van der Waals surface area (Å²) in [5, 5.41) is 12.8. The van der Waals surface area contributed by atoms with E-state index in [1.54, 1.807) is 0 Å². The third-order valence-electron chi connectivity index (χ3n) is 1.54. The van der Waals surface area contributed by atoms with Crippen LogP contribution in [0, 0.1) is 0 Å². The zero-order valence-electron chi connectivity index (χ0n) is 7.60. The zero-order chi connectivity index (χ0) is 10.5. The lowest BCUT2D eigenvalue weighted by Gasteiger charge is -2.17. The van der Waals surface area contributed by atoms with E-state index in [1.165, 1.54) is 14.0 Å². The molecular formula is C7H14F2N2O2. The van der Waals surface area contributed by atoms with Crippen molar-refractivity contribution in [2.24, 2.45) is 0 Å². The number of carbonyl (C=O) groups excluding carboxylic acids is 1. The molecule has 78 valence electrons. The predicted molar refractivity (Wildman–Crippen MR) is 43.6 cm³/mol. The number of aliphatic hydroxyl groups excluding tert-OH is 1. The summed E-state index contributed by atoms with van der Waals surface area (Å²) in [7, 11) is 1.42. The highest BCUT2D eigenvalue weighted by molar-refractivity contribution is 5.80. The van der Waals surface area contributed by atoms with E-state index in [1.807, 2.05) is 0 Å². The fraction of sp³-hybridized carbons (Fsp3) is 0.857. The van der Waals surface area contributed by atoms with Crippen LogP contribution >= 0.6 is 0 Å². The summed E-state index contributed by atoms with van der Waals surface area (Å²) in [6.45, 7) is -0.467. The standard InChI is InChI=1S/C7H14F2N2O2/c1-5(6(13)10-2)11-3-7(8,9)4-12/h5,11-12H,3-4H2,1-2H3,(H,10,13). The highest BCUT2D eigenvalue weighted by Gasteiger charge is 2.28. The van der Waals surface area contributed by atoms with E-state index in [9.17, 15) is 13.6 Å². The van der Waals surface area contributed by atoms with Crippen molar-refractivity contribution >= 4 is 5.91 Å². The minimum absolute atomic E-state index is 0.367. The quantitative estimate of drug-likeness (QED) is 0.547. The van der Waals surface area contributed by atoms with Crippen molar-refractivity contribution in [1.82, 2.24) is 10.6 Å². The number of rotatable bonds is 5. The third kappa shape index (κ3) is 4.74. The number of hydrogen-bond donors (Lipinski definition) is 3. The number of hydrogen-bond acceptors (Lipinski definition) is 3. The maximum absolute atomic E-state index is 12.4. The molecule has 0 aromatic heterocycles. The molecule has 0 fully saturated rings. The number of halogens is 2. The maximum atomic E-state index is 12.4. The smallest absolute Gasteiger partial charge is 0.282 e. The lowest BCUT2D eigenvalue weighted by molar-refractivity contribution is -0.122. The van der Waals surface area contributed by atoms with E-state index in [0.717, 1.165) is 0 Å². The molecule has 0 aliphatic carbocycles. The average Bonchev–Trinajstić information content (AvgIpc) is 2.13. The van der Waals surface area contributed by atoms with Crippen molar-refractivity contribution in [3.8, 4) is 0 Å². The summed E-state index contributed by atoms with van der Waals surface area (Å²) in [6.07, 6.45) is 0. The van der Waals surface area contributed by atoms with Gasteiger partial charge in [-0.3, -0.25) is 4.79 Å². The first-order chi connectivity index (χ1) is 5.93. The topological polar surface area (TPSA) is 61.4 Å². The minimum atomic E-state index is -3.18. The van der Waals surface area contributed by atoms with Crippen molar-refractivity contribution < 1.29 is 18.7 Å². The summed E-state index contributed by atoms with van der Waals surface area (Å²) in [6, 6.07) is -0.692. The van der Waals surface area contributed by atoms with Crippen molar-refractivity contribution in [3.05, 3.63) is 0 Å². The number of alkyl halides is 2. The summed E-state index contributed by atoms with van der Waals surface area (Å²) >= 11 is 0. The van der Waals surface area contributed by atoms with Crippen LogP contribution in [0.1, 0.15) is 6.92 Å². The Balaban J connectivity index is 3.82. The number of amides is 1. The van der Waals surface area contributed by atoms with Gasteiger partial charge in [0.1, 0.15) is 6.61 Å². The van der Waals surface area contributed by atoms with Gasteiger partial charge in [0.05, 0.1) is 12.6 Å². The van der Waals surface area contributed by atoms with Gasteiger partial charge in [-0.05, 0) is 6.92 Å². The molecule has 0 aromatic rings. The SMILES string of the molecule is CNC(=O)C(C)NCC(F)(F)CO. The first-order valence-corrected chi connectivity index (χ1v) is 3.86. The summed E-state index contributed by atoms with van der Waals surface area (Å²) in [5.41, 5.74) is 0. The Morgan fingerprint density at radius 3 is 2.54 bits per heavy atom. The van der Waals surface area contributed by atoms with Gasteiger partial charge >= 0.3 is 0 Å². The predicted octanol–water partition coefficient (Wildman–Crippen LogP) is -0.662. The van der Waals surface area contributed by atoms with Gasteiger partial charge in [-0.25, -0.2) is 8.78 Å². The normalized spacial score (nSPS) is 13.9. The number of likely N-dealkylation sites (N-methyl/N-ethyl adjacent to an activating group) is 1. The van der Waals surface area contributed by atoms with Gasteiger partial charge in [0, 0.05) is 7.05 Å². The fourth-order valence-corrected chi connectivity index (χ4v) is 0.668. The molecule has 0 radical (unpaired) electrons. The molecular weight excluding hydrogens is 182 g/mol. The van der Waals surface area contributed by atoms with Gasteiger partial charge in [-0.1, -0.05) is 0 Å². The van der Waals surface area contributed by atoms with Gasteiger partial charge < -0.3 is 15.7 Å². The molecule has 1 atom stereocenters. The van der Waals surface area contributed by atoms with Gasteiger partial charge in [0.2, 0.25) is 5.91 Å². The first-order valence-electron chi connectivity index (χ1n) is 3.86. The van der Waals surface area contributed by atoms with Crippen LogP contribution in [0.2, 0.25) is 0 Å². The third-order valence-corrected chi connectivity index (χ3v) is 1.54. The van der Waals surface area contributed by atoms with E-state index in [4.69, 9.17) is 5.11 Å². The molecule has 0 aliphatic heterocycles. The van der Waals surface area contributed by atoms with Crippen LogP contribution in [0.15, 0.2) is 0 Å². The molecule has 0 rings (SSSR count). The Morgan fingerprint density at radius 2 is 2.15 bits per heavy atom. The van der Waals surface area contributed by atoms with E-state index < -0.39 is 25.1 Å². The molecule has 0 saturated carbocycles. The van der Waals surface area contributed by atoms with Crippen molar-refractivity contribution in [1.29, 1.82) is 0 Å². The lowest BCUT2D eigenvalue weighted by atomic mass is 10.3. The molecule has 0 heterocycles. The fourth-order valence-electron chi connectivity index (χ4n) is 0.668. The van der Waals surface area contributed by atoms with Crippen LogP contribution in [0.3, 0.4) is 0 Å². The molecule has 0 bridgehead atoms. The Labute approximate surface area is 75.3 Å². The summed E-state index contributed by atoms with van der Waals surface area (Å²) in [5.74, 6) is -3.55. The number of nitrogens with one attached hydrogen (secondary N) is 2. The summed E-state index contributed by atoms with van der Waals surface area (Å²) < 4.78 is 24.9. The van der Waals surface area contributed by atoms with Crippen LogP contribution in [-0.2, 0) is 4.79 Å². The Kier molecular flexibility index (Phi) is 4.79. The van der Waals surface area contributed by atoms with E-state index >= 15 is 0 Å². The maximum Gasteiger partial charge on any atom is 0.282 e. The largest absolute Gasteiger partial charge is 0.390 e. The van der Waals surface area contributed by atoms with Crippen molar-refractivity contribution in [3.63, 3.8) is 0 Å². The lowest BCUT2D eigenvalue weighted by Crippen LogP contribution is -2.46. The van der Waals surface area contributed by atoms with Crippen molar-refractivity contribution in [2.75, 3.05) is 20.2 Å². The minimum Gasteiger partial charge on any atom is -0.390 e. The molecule has 13 heavy (non-hydrogen) atoms. The molecule has 1 unspecified atom stereocenters. The van der Waals surface area contributed by atoms with Gasteiger partial charge in [-0.2, -0.15) is 0 Å². The van der Waals surface area contributed by atoms with Crippen molar-refractivity contribution in [2.45, 2.75) is 18.9 Å². The highest BCUT2D eigenvalue weighted by Crippen LogP contribution is 2.09. The van der Waals surface area contributed by atoms with Crippen LogP contribution in [0.4, 0.5) is 8.78 Å². The second-order valence-electron chi connectivity index (χ2n) is 2.73. The van der Waals surface area contributed by atoms with E-state index in [-0.39, 0.29) is 5.91 Å². The highest BCUT2D eigenvalue weighted by atomic mass is 19.3. The first kappa shape index (κ1) is 12.2. The van der Waals surface area contributed by atoms with Gasteiger partial charge in [0.15, 0.2) is 0 Å². The average molecular weight is 196 g/mol. The van der Waals surface area contributed by atoms with Crippen LogP contribution in [0.25, 0.3) is 0 Å². The monoisotopic (exact) mass is 196 g/mol. The molecule has 0 saturated heterocycles. The second-order valence-corrected chi connectivity index (χ2v) is 2.73. The Bertz CT molecular complexity index is 176. The Hall–Kier alpha value is -0.750. The number of aliphatic hydroxyl groups is 1. The van der Waals surface area contributed by atoms with E-state index in [2.05, 4.69) is 10.6 Å². The van der Waals surface area contributed by atoms with E-state index in [0.29, 0.717) is 0 Å². The molecule has 6 heteroatoms. The molecule has 0 aromatic carbocycles. The van der Waals surface area contributed by atoms with Crippen LogP contribution < -0.4 is 10.6 Å². The molecule has 1 amide bonds. The number of carbonyl (C=O) groups is 1. The Morgan fingerprint density at radius 1 is 1.62 bits per heavy atom. The summed E-state index contributed by atoms with van der Waals surface area (Å²) in [4.78, 5) is 10.8. The second kappa shape index (κ2) is 5.08. The molecule has 3 N–H and O–H groups in total. The van der Waals surface area contributed by atoms with Gasteiger partial charge in [-0.15, -0.1) is 0 Å². The molecule has 0 spiro atoms. The molecule has 4 nitrogen and oxygen atoms in total. The van der Waals surface area contributed by atoms with Crippen LogP contribution in [-0.4, -0.2) is 43.2 Å². The van der Waals surface area contributed by atoms with Crippen LogP contribution in [0.5, 0.6) is 0 Å².